The van der Waals surface area contributed by atoms with Crippen molar-refractivity contribution < 1.29 is 18.8 Å². The van der Waals surface area contributed by atoms with Gasteiger partial charge in [0.15, 0.2) is 0 Å². The minimum atomic E-state index is -0.624. The molecule has 0 atom stereocenters. The Hall–Kier alpha value is -2.96. The first-order chi connectivity index (χ1) is 10.0. The van der Waals surface area contributed by atoms with Crippen LogP contribution in [0, 0.1) is 15.9 Å². The number of hydrogen-bond donors (Lipinski definition) is 1. The highest BCUT2D eigenvalue weighted by molar-refractivity contribution is 6.06. The third-order valence-electron chi connectivity index (χ3n) is 2.72. The number of hydrogen-bond acceptors (Lipinski definition) is 4. The van der Waals surface area contributed by atoms with E-state index in [0.29, 0.717) is 0 Å². The van der Waals surface area contributed by atoms with Crippen LogP contribution < -0.4 is 10.1 Å². The van der Waals surface area contributed by atoms with Gasteiger partial charge in [0.05, 0.1) is 17.6 Å². The Morgan fingerprint density at radius 2 is 2.05 bits per heavy atom. The molecule has 1 amide bonds. The second kappa shape index (κ2) is 6.00. The van der Waals surface area contributed by atoms with Gasteiger partial charge < -0.3 is 10.1 Å². The lowest BCUT2D eigenvalue weighted by atomic mass is 10.1. The maximum absolute atomic E-state index is 13.1. The molecule has 1 N–H and O–H groups in total. The van der Waals surface area contributed by atoms with Gasteiger partial charge in [-0.3, -0.25) is 14.9 Å². The first-order valence-corrected chi connectivity index (χ1v) is 5.90. The summed E-state index contributed by atoms with van der Waals surface area (Å²) in [6.45, 7) is 0. The van der Waals surface area contributed by atoms with Gasteiger partial charge in [0.2, 0.25) is 0 Å². The lowest BCUT2D eigenvalue weighted by molar-refractivity contribution is -0.384. The average molecular weight is 290 g/mol. The van der Waals surface area contributed by atoms with Gasteiger partial charge in [0.1, 0.15) is 11.6 Å². The van der Waals surface area contributed by atoms with Crippen molar-refractivity contribution >= 4 is 17.3 Å². The van der Waals surface area contributed by atoms with Crippen LogP contribution in [0.25, 0.3) is 0 Å². The van der Waals surface area contributed by atoms with E-state index in [1.165, 1.54) is 37.4 Å². The van der Waals surface area contributed by atoms with Gasteiger partial charge in [-0.1, -0.05) is 6.07 Å². The van der Waals surface area contributed by atoms with Crippen LogP contribution in [0.2, 0.25) is 0 Å². The number of nitro groups is 1. The molecule has 0 aromatic heterocycles. The Morgan fingerprint density at radius 1 is 1.29 bits per heavy atom. The molecule has 0 aliphatic rings. The third-order valence-corrected chi connectivity index (χ3v) is 2.72. The number of carbonyl (C=O) groups excluding carboxylic acids is 1. The number of nitrogens with zero attached hydrogens (tertiary/aromatic N) is 1. The molecule has 2 rings (SSSR count). The van der Waals surface area contributed by atoms with Gasteiger partial charge in [-0.25, -0.2) is 4.39 Å². The minimum absolute atomic E-state index is 0.00374. The highest BCUT2D eigenvalue weighted by Crippen LogP contribution is 2.25. The molecule has 0 aliphatic heterocycles. The highest BCUT2D eigenvalue weighted by Gasteiger charge is 2.17. The monoisotopic (exact) mass is 290 g/mol. The molecule has 0 bridgehead atoms. The molecular formula is C14H11FN2O4. The van der Waals surface area contributed by atoms with Crippen molar-refractivity contribution in [2.45, 2.75) is 0 Å². The topological polar surface area (TPSA) is 81.5 Å². The number of anilines is 1. The van der Waals surface area contributed by atoms with Gasteiger partial charge in [-0.2, -0.15) is 0 Å². The second-order valence-corrected chi connectivity index (χ2v) is 4.11. The van der Waals surface area contributed by atoms with E-state index in [2.05, 4.69) is 5.32 Å². The van der Waals surface area contributed by atoms with E-state index < -0.39 is 16.6 Å². The number of rotatable bonds is 4. The number of amides is 1. The summed E-state index contributed by atoms with van der Waals surface area (Å²) in [5.74, 6) is -0.936. The first kappa shape index (κ1) is 14.4. The Labute approximate surface area is 119 Å². The summed E-state index contributed by atoms with van der Waals surface area (Å²) < 4.78 is 18.1. The number of halogens is 1. The summed E-state index contributed by atoms with van der Waals surface area (Å²) >= 11 is 0. The molecule has 0 saturated heterocycles. The second-order valence-electron chi connectivity index (χ2n) is 4.11. The van der Waals surface area contributed by atoms with Crippen molar-refractivity contribution in [1.82, 2.24) is 0 Å². The van der Waals surface area contributed by atoms with Gasteiger partial charge in [0, 0.05) is 17.8 Å². The number of carbonyl (C=O) groups is 1. The van der Waals surface area contributed by atoms with E-state index in [1.54, 1.807) is 0 Å². The molecule has 2 aromatic carbocycles. The first-order valence-electron chi connectivity index (χ1n) is 5.90. The van der Waals surface area contributed by atoms with E-state index in [0.717, 1.165) is 12.1 Å². The molecule has 0 saturated carbocycles. The molecule has 0 spiro atoms. The molecule has 6 nitrogen and oxygen atoms in total. The smallest absolute Gasteiger partial charge is 0.270 e. The zero-order chi connectivity index (χ0) is 15.4. The molecule has 2 aromatic rings. The number of nitro benzene ring substituents is 1. The maximum atomic E-state index is 13.1. The van der Waals surface area contributed by atoms with Crippen molar-refractivity contribution in [3.8, 4) is 5.75 Å². The average Bonchev–Trinajstić information content (AvgIpc) is 2.46. The van der Waals surface area contributed by atoms with Crippen molar-refractivity contribution in [1.29, 1.82) is 0 Å². The van der Waals surface area contributed by atoms with Crippen LogP contribution >= 0.6 is 0 Å². The van der Waals surface area contributed by atoms with Gasteiger partial charge in [-0.15, -0.1) is 0 Å². The molecule has 108 valence electrons. The van der Waals surface area contributed by atoms with E-state index in [4.69, 9.17) is 4.74 Å². The summed E-state index contributed by atoms with van der Waals surface area (Å²) in [7, 11) is 1.35. The van der Waals surface area contributed by atoms with Crippen LogP contribution in [0.5, 0.6) is 5.75 Å². The lowest BCUT2D eigenvalue weighted by Gasteiger charge is -2.09. The molecule has 0 aliphatic carbocycles. The van der Waals surface area contributed by atoms with Crippen LogP contribution in [0.3, 0.4) is 0 Å². The standard InChI is InChI=1S/C14H11FN2O4/c1-21-13-6-5-11(17(19)20)8-12(13)14(18)16-10-4-2-3-9(15)7-10/h2-8H,1H3,(H,16,18). The van der Waals surface area contributed by atoms with Gasteiger partial charge >= 0.3 is 0 Å². The van der Waals surface area contributed by atoms with Crippen LogP contribution in [-0.4, -0.2) is 17.9 Å². The summed E-state index contributed by atoms with van der Waals surface area (Å²) in [5.41, 5.74) is 0.00436. The quantitative estimate of drug-likeness (QED) is 0.693. The summed E-state index contributed by atoms with van der Waals surface area (Å²) in [6, 6.07) is 9.00. The number of nitrogens with one attached hydrogen (secondary N) is 1. The summed E-state index contributed by atoms with van der Waals surface area (Å²) in [4.78, 5) is 22.3. The number of ether oxygens (including phenoxy) is 1. The molecule has 21 heavy (non-hydrogen) atoms. The van der Waals surface area contributed by atoms with Crippen LogP contribution in [-0.2, 0) is 0 Å². The Bertz CT molecular complexity index is 703. The van der Waals surface area contributed by atoms with Gasteiger partial charge in [0.25, 0.3) is 11.6 Å². The zero-order valence-corrected chi connectivity index (χ0v) is 11.0. The molecule has 0 radical (unpaired) electrons. The number of methoxy groups -OCH3 is 1. The fourth-order valence-electron chi connectivity index (χ4n) is 1.75. The SMILES string of the molecule is COc1ccc([N+](=O)[O-])cc1C(=O)Nc1cccc(F)c1. The van der Waals surface area contributed by atoms with Crippen molar-refractivity contribution in [2.75, 3.05) is 12.4 Å². The molecule has 0 heterocycles. The van der Waals surface area contributed by atoms with Crippen molar-refractivity contribution in [3.63, 3.8) is 0 Å². The third kappa shape index (κ3) is 3.33. The predicted molar refractivity (Wildman–Crippen MR) is 74.0 cm³/mol. The van der Waals surface area contributed by atoms with Crippen LogP contribution in [0.15, 0.2) is 42.5 Å². The van der Waals surface area contributed by atoms with E-state index in [1.807, 2.05) is 0 Å². The molecular weight excluding hydrogens is 279 g/mol. The van der Waals surface area contributed by atoms with Gasteiger partial charge in [-0.05, 0) is 24.3 Å². The largest absolute Gasteiger partial charge is 0.496 e. The van der Waals surface area contributed by atoms with Crippen LogP contribution in [0.1, 0.15) is 10.4 Å². The normalized spacial score (nSPS) is 10.0. The van der Waals surface area contributed by atoms with E-state index in [9.17, 15) is 19.3 Å². The highest BCUT2D eigenvalue weighted by atomic mass is 19.1. The predicted octanol–water partition coefficient (Wildman–Crippen LogP) is 2.99. The van der Waals surface area contributed by atoms with Crippen LogP contribution in [0.4, 0.5) is 15.8 Å². The van der Waals surface area contributed by atoms with E-state index in [-0.39, 0.29) is 22.7 Å². The maximum Gasteiger partial charge on any atom is 0.270 e. The number of benzene rings is 2. The Morgan fingerprint density at radius 3 is 2.67 bits per heavy atom. The fraction of sp³-hybridized carbons (Fsp3) is 0.0714. The van der Waals surface area contributed by atoms with E-state index >= 15 is 0 Å². The number of non-ortho nitro benzene ring substituents is 1. The minimum Gasteiger partial charge on any atom is -0.496 e. The Balaban J connectivity index is 2.33. The Kier molecular flexibility index (Phi) is 4.13. The molecule has 7 heteroatoms. The summed E-state index contributed by atoms with van der Waals surface area (Å²) in [6.07, 6.45) is 0. The lowest BCUT2D eigenvalue weighted by Crippen LogP contribution is -2.13. The fourth-order valence-corrected chi connectivity index (χ4v) is 1.75. The van der Waals surface area contributed by atoms with Crippen molar-refractivity contribution in [3.05, 3.63) is 64.0 Å². The molecule has 0 unspecified atom stereocenters. The molecule has 0 fully saturated rings. The summed E-state index contributed by atoms with van der Waals surface area (Å²) in [5, 5.41) is 13.2. The van der Waals surface area contributed by atoms with Crippen molar-refractivity contribution in [2.24, 2.45) is 0 Å². The zero-order valence-electron chi connectivity index (χ0n) is 11.0.